The second kappa shape index (κ2) is 6.28. The first-order chi connectivity index (χ1) is 10.3. The van der Waals surface area contributed by atoms with E-state index in [4.69, 9.17) is 0 Å². The quantitative estimate of drug-likeness (QED) is 0.860. The van der Waals surface area contributed by atoms with Gasteiger partial charge in [0.2, 0.25) is 0 Å². The van der Waals surface area contributed by atoms with E-state index in [1.165, 1.54) is 0 Å². The second-order valence-corrected chi connectivity index (χ2v) is 5.46. The molecule has 114 valence electrons. The van der Waals surface area contributed by atoms with Gasteiger partial charge >= 0.3 is 0 Å². The molecule has 1 saturated heterocycles. The lowest BCUT2D eigenvalue weighted by molar-refractivity contribution is 0.178. The number of nitrogens with zero attached hydrogens (tertiary/aromatic N) is 5. The Morgan fingerprint density at radius 1 is 1.24 bits per heavy atom. The van der Waals surface area contributed by atoms with Crippen molar-refractivity contribution in [2.24, 2.45) is 0 Å². The third-order valence-electron chi connectivity index (χ3n) is 3.70. The number of piperazine rings is 1. The molecule has 2 aromatic rings. The Balaban J connectivity index is 1.80. The van der Waals surface area contributed by atoms with Crippen molar-refractivity contribution in [3.8, 4) is 0 Å². The first kappa shape index (κ1) is 14.1. The molecule has 0 unspecified atom stereocenters. The Morgan fingerprint density at radius 2 is 2.05 bits per heavy atom. The molecule has 1 fully saturated rings. The van der Waals surface area contributed by atoms with E-state index in [0.717, 1.165) is 56.4 Å². The number of fused-ring (bicyclic) bond motifs is 1. The lowest BCUT2D eigenvalue weighted by Gasteiger charge is -2.32. The number of rotatable bonds is 5. The SMILES string of the molecule is CCCNc1cn2ccnc2c(NN2CCN(C)CC2)n1. The Labute approximate surface area is 124 Å². The van der Waals surface area contributed by atoms with Gasteiger partial charge < -0.3 is 14.6 Å². The van der Waals surface area contributed by atoms with Crippen molar-refractivity contribution in [2.45, 2.75) is 13.3 Å². The van der Waals surface area contributed by atoms with Crippen molar-refractivity contribution in [1.29, 1.82) is 0 Å². The van der Waals surface area contributed by atoms with Gasteiger partial charge in [0.1, 0.15) is 5.82 Å². The fourth-order valence-corrected chi connectivity index (χ4v) is 2.41. The number of anilines is 2. The standard InChI is InChI=1S/C14H23N7/c1-3-4-15-12-11-20-6-5-16-14(20)13(17-12)18-21-9-7-19(2)8-10-21/h5-6,11,15H,3-4,7-10H2,1-2H3,(H,17,18). The minimum absolute atomic E-state index is 0.811. The zero-order valence-electron chi connectivity index (χ0n) is 12.7. The Morgan fingerprint density at radius 3 is 2.81 bits per heavy atom. The van der Waals surface area contributed by atoms with Gasteiger partial charge in [-0.3, -0.25) is 5.43 Å². The zero-order valence-corrected chi connectivity index (χ0v) is 12.7. The maximum atomic E-state index is 4.66. The van der Waals surface area contributed by atoms with Gasteiger partial charge in [-0.2, -0.15) is 0 Å². The summed E-state index contributed by atoms with van der Waals surface area (Å²) in [6.07, 6.45) is 6.80. The second-order valence-electron chi connectivity index (χ2n) is 5.46. The molecule has 21 heavy (non-hydrogen) atoms. The van der Waals surface area contributed by atoms with E-state index in [-0.39, 0.29) is 0 Å². The number of aromatic nitrogens is 3. The van der Waals surface area contributed by atoms with Gasteiger partial charge in [0.15, 0.2) is 11.5 Å². The number of likely N-dealkylation sites (N-methyl/N-ethyl adjacent to an activating group) is 1. The average Bonchev–Trinajstić information content (AvgIpc) is 2.96. The molecule has 3 rings (SSSR count). The molecule has 2 aromatic heterocycles. The van der Waals surface area contributed by atoms with E-state index in [1.807, 2.05) is 16.8 Å². The minimum atomic E-state index is 0.811. The van der Waals surface area contributed by atoms with E-state index < -0.39 is 0 Å². The number of hydrogen-bond donors (Lipinski definition) is 2. The van der Waals surface area contributed by atoms with Crippen LogP contribution in [-0.2, 0) is 0 Å². The molecule has 0 amide bonds. The largest absolute Gasteiger partial charge is 0.369 e. The molecule has 0 atom stereocenters. The third-order valence-corrected chi connectivity index (χ3v) is 3.70. The van der Waals surface area contributed by atoms with Crippen molar-refractivity contribution in [3.63, 3.8) is 0 Å². The lowest BCUT2D eigenvalue weighted by Crippen LogP contribution is -2.47. The van der Waals surface area contributed by atoms with Crippen LogP contribution >= 0.6 is 0 Å². The van der Waals surface area contributed by atoms with Crippen molar-refractivity contribution in [3.05, 3.63) is 18.6 Å². The summed E-state index contributed by atoms with van der Waals surface area (Å²) in [5.41, 5.74) is 4.28. The number of hydrogen-bond acceptors (Lipinski definition) is 6. The summed E-state index contributed by atoms with van der Waals surface area (Å²) < 4.78 is 2.00. The molecule has 1 aliphatic heterocycles. The smallest absolute Gasteiger partial charge is 0.186 e. The highest BCUT2D eigenvalue weighted by atomic mass is 15.5. The molecule has 0 saturated carbocycles. The number of imidazole rings is 1. The predicted octanol–water partition coefficient (Wildman–Crippen LogP) is 1.13. The summed E-state index contributed by atoms with van der Waals surface area (Å²) in [4.78, 5) is 11.4. The topological polar surface area (TPSA) is 60.7 Å². The van der Waals surface area contributed by atoms with Crippen LogP contribution in [0, 0.1) is 0 Å². The average molecular weight is 289 g/mol. The van der Waals surface area contributed by atoms with Crippen LogP contribution in [0.2, 0.25) is 0 Å². The van der Waals surface area contributed by atoms with Crippen molar-refractivity contribution in [1.82, 2.24) is 24.3 Å². The van der Waals surface area contributed by atoms with E-state index in [0.29, 0.717) is 0 Å². The normalized spacial score (nSPS) is 17.2. The first-order valence-corrected chi connectivity index (χ1v) is 7.54. The van der Waals surface area contributed by atoms with Gasteiger partial charge in [0, 0.05) is 45.1 Å². The molecule has 0 bridgehead atoms. The molecule has 0 aliphatic carbocycles. The van der Waals surface area contributed by atoms with Crippen LogP contribution in [0.25, 0.3) is 5.65 Å². The van der Waals surface area contributed by atoms with Gasteiger partial charge in [-0.1, -0.05) is 6.92 Å². The molecular weight excluding hydrogens is 266 g/mol. The summed E-state index contributed by atoms with van der Waals surface area (Å²) in [6.45, 7) is 7.15. The van der Waals surface area contributed by atoms with E-state index in [9.17, 15) is 0 Å². The summed E-state index contributed by atoms with van der Waals surface area (Å²) in [5.74, 6) is 1.68. The third kappa shape index (κ3) is 3.25. The molecule has 3 heterocycles. The number of nitrogens with one attached hydrogen (secondary N) is 2. The maximum absolute atomic E-state index is 4.66. The van der Waals surface area contributed by atoms with Crippen molar-refractivity contribution < 1.29 is 0 Å². The summed E-state index contributed by atoms with van der Waals surface area (Å²) >= 11 is 0. The zero-order chi connectivity index (χ0) is 14.7. The van der Waals surface area contributed by atoms with Gasteiger partial charge in [0.25, 0.3) is 0 Å². The monoisotopic (exact) mass is 289 g/mol. The van der Waals surface area contributed by atoms with Crippen LogP contribution in [-0.4, -0.2) is 64.0 Å². The van der Waals surface area contributed by atoms with Gasteiger partial charge in [-0.15, -0.1) is 0 Å². The van der Waals surface area contributed by atoms with Crippen LogP contribution in [0.5, 0.6) is 0 Å². The molecule has 7 nitrogen and oxygen atoms in total. The van der Waals surface area contributed by atoms with Crippen molar-refractivity contribution >= 4 is 17.3 Å². The van der Waals surface area contributed by atoms with Crippen LogP contribution in [0.4, 0.5) is 11.6 Å². The summed E-state index contributed by atoms with van der Waals surface area (Å²) in [7, 11) is 2.15. The van der Waals surface area contributed by atoms with E-state index in [1.54, 1.807) is 6.20 Å². The summed E-state index contributed by atoms with van der Waals surface area (Å²) in [5, 5.41) is 5.54. The van der Waals surface area contributed by atoms with Gasteiger partial charge in [-0.05, 0) is 13.5 Å². The molecule has 0 aromatic carbocycles. The van der Waals surface area contributed by atoms with Crippen molar-refractivity contribution in [2.75, 3.05) is 50.5 Å². The highest BCUT2D eigenvalue weighted by Crippen LogP contribution is 2.17. The van der Waals surface area contributed by atoms with Crippen LogP contribution < -0.4 is 10.7 Å². The Bertz CT molecular complexity index is 586. The summed E-state index contributed by atoms with van der Waals surface area (Å²) in [6, 6.07) is 0. The molecule has 0 radical (unpaired) electrons. The highest BCUT2D eigenvalue weighted by molar-refractivity contribution is 5.64. The van der Waals surface area contributed by atoms with Crippen LogP contribution in [0.3, 0.4) is 0 Å². The fraction of sp³-hybridized carbons (Fsp3) is 0.571. The molecular formula is C14H23N7. The van der Waals surface area contributed by atoms with Gasteiger partial charge in [0.05, 0.1) is 6.20 Å². The van der Waals surface area contributed by atoms with Gasteiger partial charge in [-0.25, -0.2) is 15.0 Å². The molecule has 0 spiro atoms. The van der Waals surface area contributed by atoms with Crippen LogP contribution in [0.15, 0.2) is 18.6 Å². The van der Waals surface area contributed by atoms with Crippen LogP contribution in [0.1, 0.15) is 13.3 Å². The lowest BCUT2D eigenvalue weighted by atomic mass is 10.4. The molecule has 7 heteroatoms. The number of hydrazine groups is 1. The fourth-order valence-electron chi connectivity index (χ4n) is 2.41. The minimum Gasteiger partial charge on any atom is -0.369 e. The molecule has 2 N–H and O–H groups in total. The predicted molar refractivity (Wildman–Crippen MR) is 84.5 cm³/mol. The first-order valence-electron chi connectivity index (χ1n) is 7.54. The van der Waals surface area contributed by atoms with E-state index in [2.05, 4.69) is 44.6 Å². The highest BCUT2D eigenvalue weighted by Gasteiger charge is 2.16. The van der Waals surface area contributed by atoms with E-state index >= 15 is 0 Å². The Kier molecular flexibility index (Phi) is 4.21. The molecule has 1 aliphatic rings. The Hall–Kier alpha value is -1.86. The maximum Gasteiger partial charge on any atom is 0.186 e.